The van der Waals surface area contributed by atoms with E-state index in [1.807, 2.05) is 6.07 Å². The third kappa shape index (κ3) is 2.75. The summed E-state index contributed by atoms with van der Waals surface area (Å²) in [7, 11) is 0. The number of H-pyrrole nitrogens is 1. The van der Waals surface area contributed by atoms with E-state index in [0.29, 0.717) is 21.9 Å². The maximum atomic E-state index is 6.03. The fraction of sp³-hybridized carbons (Fsp3) is 0.385. The van der Waals surface area contributed by atoms with Crippen molar-refractivity contribution in [2.75, 3.05) is 24.5 Å². The molecule has 106 valence electrons. The second-order valence-electron chi connectivity index (χ2n) is 4.91. The molecule has 2 aromatic rings. The first-order valence-corrected chi connectivity index (χ1v) is 7.25. The van der Waals surface area contributed by atoms with Gasteiger partial charge in [-0.15, -0.1) is 5.10 Å². The highest BCUT2D eigenvalue weighted by molar-refractivity contribution is 6.42. The van der Waals surface area contributed by atoms with Crippen LogP contribution in [0.5, 0.6) is 0 Å². The fourth-order valence-electron chi connectivity index (χ4n) is 2.28. The van der Waals surface area contributed by atoms with E-state index in [4.69, 9.17) is 23.2 Å². The van der Waals surface area contributed by atoms with Crippen LogP contribution in [0.25, 0.3) is 11.4 Å². The van der Waals surface area contributed by atoms with Gasteiger partial charge in [-0.1, -0.05) is 23.2 Å². The minimum atomic E-state index is 0.440. The van der Waals surface area contributed by atoms with Crippen molar-refractivity contribution >= 4 is 29.2 Å². The first-order chi connectivity index (χ1) is 9.63. The van der Waals surface area contributed by atoms with Gasteiger partial charge >= 0.3 is 0 Å². The Balaban J connectivity index is 1.84. The number of nitrogens with one attached hydrogen (secondary N) is 2. The molecule has 0 radical (unpaired) electrons. The molecule has 1 aromatic carbocycles. The average molecular weight is 312 g/mol. The summed E-state index contributed by atoms with van der Waals surface area (Å²) in [5.41, 5.74) is 0.876. The van der Waals surface area contributed by atoms with E-state index in [1.165, 1.54) is 0 Å². The summed E-state index contributed by atoms with van der Waals surface area (Å²) < 4.78 is 0. The van der Waals surface area contributed by atoms with Crippen LogP contribution in [0.15, 0.2) is 18.2 Å². The van der Waals surface area contributed by atoms with Gasteiger partial charge in [-0.2, -0.15) is 4.98 Å². The fourth-order valence-corrected chi connectivity index (χ4v) is 2.58. The second kappa shape index (κ2) is 5.60. The molecule has 2 heterocycles. The van der Waals surface area contributed by atoms with Crippen LogP contribution in [-0.2, 0) is 0 Å². The normalized spacial score (nSPS) is 19.4. The standard InChI is InChI=1S/C13H15Cl2N5/c1-8-7-20(5-4-16-8)13-17-12(18-19-13)9-2-3-10(14)11(15)6-9/h2-3,6,8,16H,4-5,7H2,1H3,(H,17,18,19)/t8-/m1/s1. The molecule has 1 fully saturated rings. The van der Waals surface area contributed by atoms with E-state index in [9.17, 15) is 0 Å². The molecule has 0 aliphatic carbocycles. The Hall–Kier alpha value is -1.30. The molecule has 1 aliphatic rings. The number of piperazine rings is 1. The van der Waals surface area contributed by atoms with Crippen LogP contribution in [0, 0.1) is 0 Å². The molecule has 2 N–H and O–H groups in total. The molecular weight excluding hydrogens is 297 g/mol. The number of anilines is 1. The van der Waals surface area contributed by atoms with E-state index < -0.39 is 0 Å². The number of hydrogen-bond donors (Lipinski definition) is 2. The topological polar surface area (TPSA) is 56.8 Å². The molecule has 20 heavy (non-hydrogen) atoms. The van der Waals surface area contributed by atoms with Crippen LogP contribution in [0.3, 0.4) is 0 Å². The van der Waals surface area contributed by atoms with Crippen molar-refractivity contribution in [1.82, 2.24) is 20.5 Å². The van der Waals surface area contributed by atoms with Crippen molar-refractivity contribution in [3.05, 3.63) is 28.2 Å². The first-order valence-electron chi connectivity index (χ1n) is 6.49. The molecule has 0 saturated carbocycles. The molecule has 0 spiro atoms. The molecule has 0 unspecified atom stereocenters. The number of nitrogens with zero attached hydrogens (tertiary/aromatic N) is 3. The Morgan fingerprint density at radius 3 is 2.90 bits per heavy atom. The van der Waals surface area contributed by atoms with Crippen molar-refractivity contribution in [1.29, 1.82) is 0 Å². The van der Waals surface area contributed by atoms with E-state index in [1.54, 1.807) is 12.1 Å². The van der Waals surface area contributed by atoms with Crippen molar-refractivity contribution in [3.63, 3.8) is 0 Å². The Labute approximate surface area is 127 Å². The molecule has 3 rings (SSSR count). The SMILES string of the molecule is C[C@@H]1CN(c2n[nH]c(-c3ccc(Cl)c(Cl)c3)n2)CCN1. The highest BCUT2D eigenvalue weighted by Crippen LogP contribution is 2.27. The van der Waals surface area contributed by atoms with Crippen LogP contribution >= 0.6 is 23.2 Å². The zero-order valence-corrected chi connectivity index (χ0v) is 12.5. The van der Waals surface area contributed by atoms with Crippen LogP contribution in [0.1, 0.15) is 6.92 Å². The number of aromatic nitrogens is 3. The molecule has 1 atom stereocenters. The maximum Gasteiger partial charge on any atom is 0.245 e. The molecule has 1 saturated heterocycles. The van der Waals surface area contributed by atoms with Crippen LogP contribution < -0.4 is 10.2 Å². The maximum absolute atomic E-state index is 6.03. The van der Waals surface area contributed by atoms with Crippen molar-refractivity contribution in [3.8, 4) is 11.4 Å². The molecule has 0 amide bonds. The second-order valence-corrected chi connectivity index (χ2v) is 5.73. The molecule has 1 aromatic heterocycles. The third-order valence-electron chi connectivity index (χ3n) is 3.32. The Morgan fingerprint density at radius 1 is 1.30 bits per heavy atom. The summed E-state index contributed by atoms with van der Waals surface area (Å²) >= 11 is 11.9. The Morgan fingerprint density at radius 2 is 2.15 bits per heavy atom. The molecule has 5 nitrogen and oxygen atoms in total. The monoisotopic (exact) mass is 311 g/mol. The summed E-state index contributed by atoms with van der Waals surface area (Å²) in [6.07, 6.45) is 0. The highest BCUT2D eigenvalue weighted by Gasteiger charge is 2.19. The van der Waals surface area contributed by atoms with Crippen molar-refractivity contribution < 1.29 is 0 Å². The predicted molar refractivity (Wildman–Crippen MR) is 81.5 cm³/mol. The van der Waals surface area contributed by atoms with Crippen molar-refractivity contribution in [2.45, 2.75) is 13.0 Å². The highest BCUT2D eigenvalue weighted by atomic mass is 35.5. The summed E-state index contributed by atoms with van der Waals surface area (Å²) in [6, 6.07) is 5.86. The van der Waals surface area contributed by atoms with Gasteiger partial charge in [-0.05, 0) is 25.1 Å². The van der Waals surface area contributed by atoms with Gasteiger partial charge in [0.25, 0.3) is 0 Å². The molecular formula is C13H15Cl2N5. The minimum absolute atomic E-state index is 0.440. The number of benzene rings is 1. The third-order valence-corrected chi connectivity index (χ3v) is 4.06. The van der Waals surface area contributed by atoms with Gasteiger partial charge in [-0.25, -0.2) is 0 Å². The lowest BCUT2D eigenvalue weighted by molar-refractivity contribution is 0.480. The van der Waals surface area contributed by atoms with Crippen LogP contribution in [0.4, 0.5) is 5.95 Å². The average Bonchev–Trinajstić information content (AvgIpc) is 2.92. The summed E-state index contributed by atoms with van der Waals surface area (Å²) in [6.45, 7) is 4.90. The minimum Gasteiger partial charge on any atom is -0.337 e. The van der Waals surface area contributed by atoms with Gasteiger partial charge in [-0.3, -0.25) is 5.10 Å². The predicted octanol–water partition coefficient (Wildman–Crippen LogP) is 2.58. The Bertz CT molecular complexity index is 613. The van der Waals surface area contributed by atoms with Gasteiger partial charge < -0.3 is 10.2 Å². The van der Waals surface area contributed by atoms with E-state index in [0.717, 1.165) is 31.1 Å². The number of hydrogen-bond acceptors (Lipinski definition) is 4. The van der Waals surface area contributed by atoms with Gasteiger partial charge in [0, 0.05) is 31.2 Å². The van der Waals surface area contributed by atoms with Gasteiger partial charge in [0.2, 0.25) is 5.95 Å². The van der Waals surface area contributed by atoms with Gasteiger partial charge in [0.1, 0.15) is 0 Å². The first kappa shape index (κ1) is 13.7. The molecule has 7 heteroatoms. The van der Waals surface area contributed by atoms with Gasteiger partial charge in [0.05, 0.1) is 10.0 Å². The lowest BCUT2D eigenvalue weighted by atomic mass is 10.2. The summed E-state index contributed by atoms with van der Waals surface area (Å²) in [4.78, 5) is 6.70. The van der Waals surface area contributed by atoms with E-state index in [-0.39, 0.29) is 0 Å². The zero-order chi connectivity index (χ0) is 14.1. The van der Waals surface area contributed by atoms with Crippen LogP contribution in [0.2, 0.25) is 10.0 Å². The lowest BCUT2D eigenvalue weighted by Gasteiger charge is -2.30. The van der Waals surface area contributed by atoms with Crippen molar-refractivity contribution in [2.24, 2.45) is 0 Å². The molecule has 0 bridgehead atoms. The van der Waals surface area contributed by atoms with Crippen LogP contribution in [-0.4, -0.2) is 40.9 Å². The summed E-state index contributed by atoms with van der Waals surface area (Å²) in [5, 5.41) is 11.7. The number of aromatic amines is 1. The number of halogens is 2. The van der Waals surface area contributed by atoms with E-state index >= 15 is 0 Å². The Kier molecular flexibility index (Phi) is 3.83. The number of rotatable bonds is 2. The molecule has 1 aliphatic heterocycles. The summed E-state index contributed by atoms with van der Waals surface area (Å²) in [5.74, 6) is 1.42. The lowest BCUT2D eigenvalue weighted by Crippen LogP contribution is -2.49. The van der Waals surface area contributed by atoms with Gasteiger partial charge in [0.15, 0.2) is 5.82 Å². The zero-order valence-electron chi connectivity index (χ0n) is 11.0. The largest absolute Gasteiger partial charge is 0.337 e. The quantitative estimate of drug-likeness (QED) is 0.895. The van der Waals surface area contributed by atoms with E-state index in [2.05, 4.69) is 32.3 Å². The smallest absolute Gasteiger partial charge is 0.245 e.